The molecule has 3 aromatic rings. The van der Waals surface area contributed by atoms with Gasteiger partial charge in [0.25, 0.3) is 10.1 Å². The fourth-order valence-corrected chi connectivity index (χ4v) is 3.80. The molecule has 10 nitrogen and oxygen atoms in total. The first-order chi connectivity index (χ1) is 15.9. The fourth-order valence-electron chi connectivity index (χ4n) is 3.29. The average molecular weight is 482 g/mol. The smallest absolute Gasteiger partial charge is 0.338 e. The SMILES string of the molecule is Cc1cc(/N=N\c2ccc(S(=O)(=O)O)cc2C(=O)O)c(C)cc1N=Nc1c(C)cc(N)cc1C. The van der Waals surface area contributed by atoms with Crippen molar-refractivity contribution in [3.63, 3.8) is 0 Å². The minimum absolute atomic E-state index is 0.0602. The second-order valence-electron chi connectivity index (χ2n) is 7.79. The molecule has 0 aliphatic rings. The number of azo groups is 2. The maximum atomic E-state index is 11.5. The van der Waals surface area contributed by atoms with E-state index in [9.17, 15) is 18.3 Å². The van der Waals surface area contributed by atoms with Gasteiger partial charge < -0.3 is 10.8 Å². The van der Waals surface area contributed by atoms with Crippen LogP contribution in [0.15, 0.2) is 67.8 Å². The third kappa shape index (κ3) is 5.50. The van der Waals surface area contributed by atoms with E-state index in [0.29, 0.717) is 17.1 Å². The van der Waals surface area contributed by atoms with Crippen LogP contribution in [0.4, 0.5) is 28.4 Å². The summed E-state index contributed by atoms with van der Waals surface area (Å²) in [4.78, 5) is 11.0. The molecule has 0 aromatic heterocycles. The molecule has 0 amide bonds. The van der Waals surface area contributed by atoms with Crippen molar-refractivity contribution in [2.45, 2.75) is 32.6 Å². The van der Waals surface area contributed by atoms with Gasteiger partial charge in [-0.15, -0.1) is 10.2 Å². The Kier molecular flexibility index (Phi) is 6.89. The van der Waals surface area contributed by atoms with Crippen LogP contribution >= 0.6 is 0 Å². The number of carboxylic acids is 1. The van der Waals surface area contributed by atoms with Gasteiger partial charge in [0, 0.05) is 5.69 Å². The van der Waals surface area contributed by atoms with Crippen LogP contribution in [0.2, 0.25) is 0 Å². The van der Waals surface area contributed by atoms with E-state index in [1.807, 2.05) is 32.9 Å². The molecule has 0 spiro atoms. The molecule has 0 fully saturated rings. The fraction of sp³-hybridized carbons (Fsp3) is 0.174. The molecule has 4 N–H and O–H groups in total. The number of hydrogen-bond donors (Lipinski definition) is 3. The van der Waals surface area contributed by atoms with Gasteiger partial charge in [-0.1, -0.05) is 0 Å². The molecule has 34 heavy (non-hydrogen) atoms. The molecule has 0 aliphatic carbocycles. The van der Waals surface area contributed by atoms with Crippen LogP contribution in [0.5, 0.6) is 0 Å². The Morgan fingerprint density at radius 1 is 0.765 bits per heavy atom. The lowest BCUT2D eigenvalue weighted by Gasteiger charge is -2.07. The minimum Gasteiger partial charge on any atom is -0.478 e. The van der Waals surface area contributed by atoms with E-state index in [1.165, 1.54) is 0 Å². The topological polar surface area (TPSA) is 167 Å². The number of nitrogens with two attached hydrogens (primary N) is 1. The van der Waals surface area contributed by atoms with Crippen LogP contribution < -0.4 is 5.73 Å². The number of carbonyl (C=O) groups is 1. The van der Waals surface area contributed by atoms with Gasteiger partial charge in [-0.3, -0.25) is 4.55 Å². The summed E-state index contributed by atoms with van der Waals surface area (Å²) in [5, 5.41) is 26.3. The number of rotatable bonds is 6. The van der Waals surface area contributed by atoms with E-state index in [0.717, 1.165) is 46.1 Å². The normalized spacial score (nSPS) is 12.0. The van der Waals surface area contributed by atoms with Crippen LogP contribution in [0.1, 0.15) is 32.6 Å². The number of nitrogens with zero attached hydrogens (tertiary/aromatic N) is 4. The lowest BCUT2D eigenvalue weighted by Crippen LogP contribution is -2.02. The average Bonchev–Trinajstić information content (AvgIpc) is 2.73. The minimum atomic E-state index is -4.55. The molecule has 0 saturated heterocycles. The molecule has 0 bridgehead atoms. The zero-order valence-corrected chi connectivity index (χ0v) is 19.8. The molecular formula is C23H23N5O5S. The molecule has 0 aliphatic heterocycles. The summed E-state index contributed by atoms with van der Waals surface area (Å²) in [6.45, 7) is 7.45. The molecule has 3 rings (SSSR count). The summed E-state index contributed by atoms with van der Waals surface area (Å²) in [6.07, 6.45) is 0. The summed E-state index contributed by atoms with van der Waals surface area (Å²) in [5.41, 5.74) is 11.2. The predicted octanol–water partition coefficient (Wildman–Crippen LogP) is 6.28. The molecule has 0 atom stereocenters. The third-order valence-corrected chi connectivity index (χ3v) is 5.90. The van der Waals surface area contributed by atoms with E-state index >= 15 is 0 Å². The molecule has 0 saturated carbocycles. The highest BCUT2D eigenvalue weighted by Crippen LogP contribution is 2.33. The highest BCUT2D eigenvalue weighted by molar-refractivity contribution is 7.85. The van der Waals surface area contributed by atoms with Crippen LogP contribution in [0.25, 0.3) is 0 Å². The van der Waals surface area contributed by atoms with Crippen molar-refractivity contribution in [2.24, 2.45) is 20.5 Å². The lowest BCUT2D eigenvalue weighted by atomic mass is 10.1. The van der Waals surface area contributed by atoms with Gasteiger partial charge in [0.1, 0.15) is 5.69 Å². The molecule has 176 valence electrons. The van der Waals surface area contributed by atoms with Crippen LogP contribution in [0, 0.1) is 27.7 Å². The summed E-state index contributed by atoms with van der Waals surface area (Å²) in [6, 6.07) is 10.2. The van der Waals surface area contributed by atoms with Crippen molar-refractivity contribution in [1.82, 2.24) is 0 Å². The number of aryl methyl sites for hydroxylation is 4. The molecule has 0 radical (unpaired) electrons. The summed E-state index contributed by atoms with van der Waals surface area (Å²) < 4.78 is 31.7. The van der Waals surface area contributed by atoms with E-state index in [-0.39, 0.29) is 5.69 Å². The molecular weight excluding hydrogens is 458 g/mol. The van der Waals surface area contributed by atoms with E-state index < -0.39 is 26.5 Å². The van der Waals surface area contributed by atoms with Crippen molar-refractivity contribution in [1.29, 1.82) is 0 Å². The first-order valence-electron chi connectivity index (χ1n) is 10.0. The highest BCUT2D eigenvalue weighted by Gasteiger charge is 2.17. The monoisotopic (exact) mass is 481 g/mol. The van der Waals surface area contributed by atoms with Crippen LogP contribution in [0.3, 0.4) is 0 Å². The number of anilines is 1. The van der Waals surface area contributed by atoms with Crippen LogP contribution in [-0.4, -0.2) is 24.0 Å². The van der Waals surface area contributed by atoms with Gasteiger partial charge in [0.05, 0.1) is 27.5 Å². The summed E-state index contributed by atoms with van der Waals surface area (Å²) >= 11 is 0. The van der Waals surface area contributed by atoms with Gasteiger partial charge in [0.2, 0.25) is 0 Å². The van der Waals surface area contributed by atoms with Gasteiger partial charge in [-0.05, 0) is 92.4 Å². The highest BCUT2D eigenvalue weighted by atomic mass is 32.2. The van der Waals surface area contributed by atoms with Gasteiger partial charge in [-0.25, -0.2) is 4.79 Å². The molecule has 0 heterocycles. The van der Waals surface area contributed by atoms with E-state index in [1.54, 1.807) is 19.1 Å². The zero-order valence-electron chi connectivity index (χ0n) is 18.9. The Bertz CT molecular complexity index is 1440. The number of benzene rings is 3. The summed E-state index contributed by atoms with van der Waals surface area (Å²) in [5.74, 6) is -1.41. The first-order valence-corrected chi connectivity index (χ1v) is 11.5. The van der Waals surface area contributed by atoms with Crippen molar-refractivity contribution < 1.29 is 22.9 Å². The first kappa shape index (κ1) is 24.7. The van der Waals surface area contributed by atoms with Crippen molar-refractivity contribution in [2.75, 3.05) is 5.73 Å². The van der Waals surface area contributed by atoms with Crippen molar-refractivity contribution >= 4 is 44.5 Å². The second kappa shape index (κ2) is 9.49. The Hall–Kier alpha value is -3.96. The second-order valence-corrected chi connectivity index (χ2v) is 9.21. The standard InChI is InChI=1S/C23H23N5O5S/c1-12-10-21(27-28-22-14(3)7-16(24)8-15(22)4)13(2)9-20(12)26-25-19-6-5-17(34(31,32)33)11-18(19)23(29)30/h5-11H,24H2,1-4H3,(H,29,30)(H,31,32,33)/b26-25-,28-27?. The molecule has 3 aromatic carbocycles. The molecule has 11 heteroatoms. The number of aromatic carboxylic acids is 1. The van der Waals surface area contributed by atoms with Crippen molar-refractivity contribution in [3.05, 3.63) is 70.3 Å². The van der Waals surface area contributed by atoms with E-state index in [2.05, 4.69) is 20.5 Å². The Morgan fingerprint density at radius 2 is 1.26 bits per heavy atom. The molecule has 0 unspecified atom stereocenters. The zero-order chi connectivity index (χ0) is 25.2. The number of nitrogen functional groups attached to an aromatic ring is 1. The number of carboxylic acid groups (broad SMARTS) is 1. The predicted molar refractivity (Wildman–Crippen MR) is 128 cm³/mol. The lowest BCUT2D eigenvalue weighted by molar-refractivity contribution is 0.0697. The largest absolute Gasteiger partial charge is 0.478 e. The maximum Gasteiger partial charge on any atom is 0.338 e. The van der Waals surface area contributed by atoms with Gasteiger partial charge in [0.15, 0.2) is 0 Å². The van der Waals surface area contributed by atoms with E-state index in [4.69, 9.17) is 10.3 Å². The van der Waals surface area contributed by atoms with Gasteiger partial charge >= 0.3 is 5.97 Å². The Morgan fingerprint density at radius 3 is 1.76 bits per heavy atom. The third-order valence-electron chi connectivity index (χ3n) is 5.05. The Labute approximate surface area is 196 Å². The van der Waals surface area contributed by atoms with Crippen molar-refractivity contribution in [3.8, 4) is 0 Å². The van der Waals surface area contributed by atoms with Crippen LogP contribution in [-0.2, 0) is 10.1 Å². The summed E-state index contributed by atoms with van der Waals surface area (Å²) in [7, 11) is -4.55. The Balaban J connectivity index is 1.94. The number of hydrogen-bond acceptors (Lipinski definition) is 8. The van der Waals surface area contributed by atoms with Gasteiger partial charge in [-0.2, -0.15) is 18.6 Å². The quantitative estimate of drug-likeness (QED) is 0.213. The maximum absolute atomic E-state index is 11.5.